The number of carbonyl (C=O) groups is 4. The van der Waals surface area contributed by atoms with E-state index < -0.39 is 11.8 Å². The Morgan fingerprint density at radius 1 is 1.00 bits per heavy atom. The van der Waals surface area contributed by atoms with E-state index in [9.17, 15) is 19.2 Å². The van der Waals surface area contributed by atoms with Crippen LogP contribution in [0.5, 0.6) is 0 Å². The van der Waals surface area contributed by atoms with Crippen LogP contribution in [0.2, 0.25) is 0 Å². The summed E-state index contributed by atoms with van der Waals surface area (Å²) in [6.45, 7) is 0.797. The molecule has 1 fully saturated rings. The zero-order chi connectivity index (χ0) is 21.8. The Bertz CT molecular complexity index is 1140. The highest BCUT2D eigenvalue weighted by molar-refractivity contribution is 7.16. The van der Waals surface area contributed by atoms with E-state index in [4.69, 9.17) is 0 Å². The van der Waals surface area contributed by atoms with E-state index in [1.807, 2.05) is 11.4 Å². The molecular weight excluding hydrogens is 434 g/mol. The first-order valence-corrected chi connectivity index (χ1v) is 11.4. The number of carbonyl (C=O) groups excluding carboxylic acids is 4. The number of rotatable bonds is 6. The van der Waals surface area contributed by atoms with Crippen molar-refractivity contribution >= 4 is 57.6 Å². The normalized spacial score (nSPS) is 13.3. The van der Waals surface area contributed by atoms with Gasteiger partial charge in [0.2, 0.25) is 11.7 Å². The van der Waals surface area contributed by atoms with Gasteiger partial charge in [-0.25, -0.2) is 0 Å². The molecule has 31 heavy (non-hydrogen) atoms. The minimum atomic E-state index is -0.795. The average molecular weight is 454 g/mol. The van der Waals surface area contributed by atoms with Crippen LogP contribution in [-0.2, 0) is 20.9 Å². The third-order valence-electron chi connectivity index (χ3n) is 4.75. The van der Waals surface area contributed by atoms with Gasteiger partial charge in [0, 0.05) is 29.2 Å². The van der Waals surface area contributed by atoms with Crippen LogP contribution in [0.25, 0.3) is 0 Å². The van der Waals surface area contributed by atoms with Crippen molar-refractivity contribution < 1.29 is 19.2 Å². The van der Waals surface area contributed by atoms with Gasteiger partial charge in [-0.3, -0.25) is 19.2 Å². The van der Waals surface area contributed by atoms with Crippen LogP contribution >= 0.6 is 22.7 Å². The lowest BCUT2D eigenvalue weighted by molar-refractivity contribution is -0.136. The van der Waals surface area contributed by atoms with Crippen molar-refractivity contribution in [3.05, 3.63) is 68.5 Å². The molecule has 0 unspecified atom stereocenters. The monoisotopic (exact) mass is 453 g/mol. The molecule has 0 bridgehead atoms. The standard InChI is InChI=1S/C22H19N3O4S2/c26-19-7-2-10-25(19)15-5-1-4-14(12-15)24-22(29)21(28)23-13-16-8-9-18(31-16)20(27)17-6-3-11-30-17/h1,3-6,8-9,11-12H,2,7,10,13H2,(H,23,28)(H,24,29). The molecule has 1 aromatic carbocycles. The summed E-state index contributed by atoms with van der Waals surface area (Å²) in [6.07, 6.45) is 1.32. The Morgan fingerprint density at radius 3 is 2.61 bits per heavy atom. The second-order valence-corrected chi connectivity index (χ2v) is 9.02. The highest BCUT2D eigenvalue weighted by Gasteiger charge is 2.22. The van der Waals surface area contributed by atoms with Crippen molar-refractivity contribution in [2.24, 2.45) is 0 Å². The van der Waals surface area contributed by atoms with Gasteiger partial charge in [-0.15, -0.1) is 22.7 Å². The van der Waals surface area contributed by atoms with Gasteiger partial charge in [0.15, 0.2) is 0 Å². The predicted octanol–water partition coefficient (Wildman–Crippen LogP) is 3.42. The SMILES string of the molecule is O=C(NCc1ccc(C(=O)c2cccs2)s1)C(=O)Nc1cccc(N2CCCC2=O)c1. The first-order valence-electron chi connectivity index (χ1n) is 9.68. The zero-order valence-corrected chi connectivity index (χ0v) is 18.1. The van der Waals surface area contributed by atoms with Gasteiger partial charge in [-0.05, 0) is 48.2 Å². The minimum Gasteiger partial charge on any atom is -0.343 e. The van der Waals surface area contributed by atoms with E-state index in [-0.39, 0.29) is 18.2 Å². The molecule has 0 radical (unpaired) electrons. The van der Waals surface area contributed by atoms with Crippen molar-refractivity contribution in [3.63, 3.8) is 0 Å². The van der Waals surface area contributed by atoms with Crippen LogP contribution in [0.1, 0.15) is 32.3 Å². The quantitative estimate of drug-likeness (QED) is 0.442. The molecule has 1 aliphatic heterocycles. The summed E-state index contributed by atoms with van der Waals surface area (Å²) in [4.78, 5) is 52.4. The van der Waals surface area contributed by atoms with Crippen LogP contribution in [0.4, 0.5) is 11.4 Å². The zero-order valence-electron chi connectivity index (χ0n) is 16.4. The first-order chi connectivity index (χ1) is 15.0. The van der Waals surface area contributed by atoms with Crippen molar-refractivity contribution in [2.75, 3.05) is 16.8 Å². The topological polar surface area (TPSA) is 95.6 Å². The third kappa shape index (κ3) is 4.89. The van der Waals surface area contributed by atoms with Gasteiger partial charge in [-0.2, -0.15) is 0 Å². The Hall–Kier alpha value is -3.30. The molecule has 2 N–H and O–H groups in total. The van der Waals surface area contributed by atoms with Gasteiger partial charge in [0.05, 0.1) is 16.3 Å². The number of hydrogen-bond acceptors (Lipinski definition) is 6. The third-order valence-corrected chi connectivity index (χ3v) is 6.70. The van der Waals surface area contributed by atoms with E-state index in [2.05, 4.69) is 10.6 Å². The van der Waals surface area contributed by atoms with Gasteiger partial charge in [-0.1, -0.05) is 12.1 Å². The molecule has 0 saturated carbocycles. The lowest BCUT2D eigenvalue weighted by atomic mass is 10.2. The molecule has 0 spiro atoms. The van der Waals surface area contributed by atoms with Gasteiger partial charge in [0.25, 0.3) is 0 Å². The molecule has 3 amide bonds. The first kappa shape index (κ1) is 21.0. The number of amides is 3. The highest BCUT2D eigenvalue weighted by atomic mass is 32.1. The van der Waals surface area contributed by atoms with E-state index in [1.54, 1.807) is 47.4 Å². The van der Waals surface area contributed by atoms with E-state index in [0.29, 0.717) is 34.1 Å². The minimum absolute atomic E-state index is 0.0494. The average Bonchev–Trinajstić information content (AvgIpc) is 3.53. The van der Waals surface area contributed by atoms with Crippen LogP contribution in [0.3, 0.4) is 0 Å². The maximum absolute atomic E-state index is 12.4. The predicted molar refractivity (Wildman–Crippen MR) is 121 cm³/mol. The summed E-state index contributed by atoms with van der Waals surface area (Å²) in [5, 5.41) is 6.98. The Kier molecular flexibility index (Phi) is 6.24. The summed E-state index contributed by atoms with van der Waals surface area (Å²) in [6, 6.07) is 13.9. The van der Waals surface area contributed by atoms with Crippen molar-refractivity contribution in [1.82, 2.24) is 5.32 Å². The lowest BCUT2D eigenvalue weighted by Crippen LogP contribution is -2.34. The molecular formula is C22H19N3O4S2. The molecule has 1 saturated heterocycles. The summed E-state index contributed by atoms with van der Waals surface area (Å²) < 4.78 is 0. The molecule has 0 atom stereocenters. The summed E-state index contributed by atoms with van der Waals surface area (Å²) in [7, 11) is 0. The van der Waals surface area contributed by atoms with E-state index in [0.717, 1.165) is 11.3 Å². The second kappa shape index (κ2) is 9.23. The summed E-state index contributed by atoms with van der Waals surface area (Å²) >= 11 is 2.67. The maximum atomic E-state index is 12.4. The summed E-state index contributed by atoms with van der Waals surface area (Å²) in [5.74, 6) is -1.57. The number of thiophene rings is 2. The molecule has 3 heterocycles. The molecule has 3 aromatic rings. The fourth-order valence-electron chi connectivity index (χ4n) is 3.23. The van der Waals surface area contributed by atoms with Crippen molar-refractivity contribution in [3.8, 4) is 0 Å². The number of benzene rings is 1. The second-order valence-electron chi connectivity index (χ2n) is 6.91. The molecule has 7 nitrogen and oxygen atoms in total. The van der Waals surface area contributed by atoms with E-state index >= 15 is 0 Å². The Labute approximate surface area is 186 Å². The van der Waals surface area contributed by atoms with Crippen LogP contribution in [0.15, 0.2) is 53.9 Å². The number of ketones is 1. The van der Waals surface area contributed by atoms with Gasteiger partial charge >= 0.3 is 11.8 Å². The number of nitrogens with zero attached hydrogens (tertiary/aromatic N) is 1. The highest BCUT2D eigenvalue weighted by Crippen LogP contribution is 2.24. The lowest BCUT2D eigenvalue weighted by Gasteiger charge is -2.16. The van der Waals surface area contributed by atoms with Crippen LogP contribution < -0.4 is 15.5 Å². The van der Waals surface area contributed by atoms with Crippen molar-refractivity contribution in [2.45, 2.75) is 19.4 Å². The molecule has 9 heteroatoms. The fourth-order valence-corrected chi connectivity index (χ4v) is 4.88. The van der Waals surface area contributed by atoms with Crippen LogP contribution in [-0.4, -0.2) is 30.0 Å². The molecule has 158 valence electrons. The molecule has 1 aliphatic rings. The van der Waals surface area contributed by atoms with Gasteiger partial charge in [0.1, 0.15) is 0 Å². The maximum Gasteiger partial charge on any atom is 0.313 e. The number of anilines is 2. The molecule has 2 aromatic heterocycles. The van der Waals surface area contributed by atoms with E-state index in [1.165, 1.54) is 22.7 Å². The number of nitrogens with one attached hydrogen (secondary N) is 2. The number of hydrogen-bond donors (Lipinski definition) is 2. The Morgan fingerprint density at radius 2 is 1.87 bits per heavy atom. The molecule has 4 rings (SSSR count). The smallest absolute Gasteiger partial charge is 0.313 e. The fraction of sp³-hybridized carbons (Fsp3) is 0.182. The van der Waals surface area contributed by atoms with Crippen molar-refractivity contribution in [1.29, 1.82) is 0 Å². The molecule has 0 aliphatic carbocycles. The van der Waals surface area contributed by atoms with Crippen LogP contribution in [0, 0.1) is 0 Å². The summed E-state index contributed by atoms with van der Waals surface area (Å²) in [5.41, 5.74) is 1.14. The van der Waals surface area contributed by atoms with Gasteiger partial charge < -0.3 is 15.5 Å². The largest absolute Gasteiger partial charge is 0.343 e. The Balaban J connectivity index is 1.32.